The van der Waals surface area contributed by atoms with Crippen molar-refractivity contribution in [2.45, 2.75) is 23.7 Å². The Bertz CT molecular complexity index is 543. The van der Waals surface area contributed by atoms with Crippen molar-refractivity contribution in [2.75, 3.05) is 11.6 Å². The van der Waals surface area contributed by atoms with E-state index >= 15 is 0 Å². The normalized spacial score (nSPS) is 17.9. The van der Waals surface area contributed by atoms with Crippen LogP contribution in [0.15, 0.2) is 33.6 Å². The summed E-state index contributed by atoms with van der Waals surface area (Å²) < 4.78 is 5.73. The molecule has 1 aliphatic heterocycles. The smallest absolute Gasteiger partial charge is 0.224 e. The maximum absolute atomic E-state index is 5.73. The Morgan fingerprint density at radius 2 is 2.22 bits per heavy atom. The van der Waals surface area contributed by atoms with Gasteiger partial charge in [0.05, 0.1) is 5.92 Å². The Balaban J connectivity index is 1.82. The summed E-state index contributed by atoms with van der Waals surface area (Å²) in [5, 5.41) is 8.26. The predicted molar refractivity (Wildman–Crippen MR) is 72.3 cm³/mol. The quantitative estimate of drug-likeness (QED) is 0.804. The fraction of sp³-hybridized carbons (Fsp3) is 0.385. The number of halogens is 1. The Labute approximate surface area is 115 Å². The summed E-state index contributed by atoms with van der Waals surface area (Å²) in [5.74, 6) is 3.27. The first-order valence-electron chi connectivity index (χ1n) is 5.98. The maximum Gasteiger partial charge on any atom is 0.224 e. The van der Waals surface area contributed by atoms with Gasteiger partial charge in [-0.05, 0) is 18.1 Å². The monoisotopic (exact) mass is 280 g/mol. The molecule has 3 nitrogen and oxygen atoms in total. The minimum absolute atomic E-state index is 0.239. The number of aryl methyl sites for hydroxylation is 1. The number of aromatic nitrogens is 2. The van der Waals surface area contributed by atoms with E-state index in [1.165, 1.54) is 10.5 Å². The summed E-state index contributed by atoms with van der Waals surface area (Å²) in [7, 11) is 0. The Kier molecular flexibility index (Phi) is 3.57. The zero-order chi connectivity index (χ0) is 12.4. The van der Waals surface area contributed by atoms with Gasteiger partial charge in [-0.1, -0.05) is 18.2 Å². The third-order valence-electron chi connectivity index (χ3n) is 3.00. The second kappa shape index (κ2) is 5.33. The van der Waals surface area contributed by atoms with Crippen LogP contribution in [0.3, 0.4) is 0 Å². The van der Waals surface area contributed by atoms with Crippen LogP contribution in [0, 0.1) is 0 Å². The highest BCUT2D eigenvalue weighted by Gasteiger charge is 2.28. The van der Waals surface area contributed by atoms with Crippen molar-refractivity contribution in [3.63, 3.8) is 0 Å². The Morgan fingerprint density at radius 1 is 1.33 bits per heavy atom. The molecule has 0 N–H and O–H groups in total. The SMILES string of the molecule is ClCCCc1nnc(C2CSc3ccccc32)o1. The summed E-state index contributed by atoms with van der Waals surface area (Å²) >= 11 is 7.51. The topological polar surface area (TPSA) is 38.9 Å². The van der Waals surface area contributed by atoms with Crippen molar-refractivity contribution in [3.8, 4) is 0 Å². The van der Waals surface area contributed by atoms with Gasteiger partial charge < -0.3 is 4.42 Å². The van der Waals surface area contributed by atoms with Gasteiger partial charge in [-0.15, -0.1) is 33.6 Å². The van der Waals surface area contributed by atoms with E-state index in [2.05, 4.69) is 34.5 Å². The van der Waals surface area contributed by atoms with E-state index in [9.17, 15) is 0 Å². The summed E-state index contributed by atoms with van der Waals surface area (Å²) in [5.41, 5.74) is 1.30. The molecule has 1 aromatic carbocycles. The van der Waals surface area contributed by atoms with E-state index in [1.807, 2.05) is 11.8 Å². The molecule has 18 heavy (non-hydrogen) atoms. The van der Waals surface area contributed by atoms with E-state index in [-0.39, 0.29) is 5.92 Å². The zero-order valence-corrected chi connectivity index (χ0v) is 11.4. The first kappa shape index (κ1) is 12.1. The molecule has 1 atom stereocenters. The minimum Gasteiger partial charge on any atom is -0.425 e. The van der Waals surface area contributed by atoms with Crippen LogP contribution in [0.4, 0.5) is 0 Å². The third kappa shape index (κ3) is 2.27. The number of thioether (sulfide) groups is 1. The summed E-state index contributed by atoms with van der Waals surface area (Å²) in [6.45, 7) is 0. The third-order valence-corrected chi connectivity index (χ3v) is 4.45. The van der Waals surface area contributed by atoms with Gasteiger partial charge in [0.1, 0.15) is 0 Å². The number of nitrogens with zero attached hydrogens (tertiary/aromatic N) is 2. The van der Waals surface area contributed by atoms with Crippen LogP contribution >= 0.6 is 23.4 Å². The molecule has 1 aromatic heterocycles. The van der Waals surface area contributed by atoms with Crippen LogP contribution < -0.4 is 0 Å². The number of hydrogen-bond donors (Lipinski definition) is 0. The average Bonchev–Trinajstić information content (AvgIpc) is 3.02. The molecule has 0 bridgehead atoms. The molecule has 0 saturated heterocycles. The van der Waals surface area contributed by atoms with Crippen LogP contribution in [0.2, 0.25) is 0 Å². The van der Waals surface area contributed by atoms with Crippen molar-refractivity contribution in [1.82, 2.24) is 10.2 Å². The highest BCUT2D eigenvalue weighted by molar-refractivity contribution is 7.99. The van der Waals surface area contributed by atoms with Gasteiger partial charge >= 0.3 is 0 Å². The highest BCUT2D eigenvalue weighted by Crippen LogP contribution is 2.42. The number of hydrogen-bond acceptors (Lipinski definition) is 4. The van der Waals surface area contributed by atoms with Crippen LogP contribution in [-0.4, -0.2) is 21.8 Å². The largest absolute Gasteiger partial charge is 0.425 e. The van der Waals surface area contributed by atoms with Gasteiger partial charge in [0.25, 0.3) is 0 Å². The molecule has 1 aliphatic rings. The second-order valence-electron chi connectivity index (χ2n) is 4.23. The molecule has 0 radical (unpaired) electrons. The lowest BCUT2D eigenvalue weighted by Crippen LogP contribution is -1.99. The van der Waals surface area contributed by atoms with Crippen molar-refractivity contribution in [2.24, 2.45) is 0 Å². The van der Waals surface area contributed by atoms with Gasteiger partial charge in [-0.2, -0.15) is 0 Å². The number of alkyl halides is 1. The molecule has 1 unspecified atom stereocenters. The second-order valence-corrected chi connectivity index (χ2v) is 5.67. The fourth-order valence-electron chi connectivity index (χ4n) is 2.09. The van der Waals surface area contributed by atoms with Gasteiger partial charge in [-0.3, -0.25) is 0 Å². The van der Waals surface area contributed by atoms with E-state index in [1.54, 1.807) is 0 Å². The lowest BCUT2D eigenvalue weighted by Gasteiger charge is -2.04. The van der Waals surface area contributed by atoms with Crippen molar-refractivity contribution in [3.05, 3.63) is 41.6 Å². The van der Waals surface area contributed by atoms with Crippen LogP contribution in [0.25, 0.3) is 0 Å². The first-order valence-corrected chi connectivity index (χ1v) is 7.50. The zero-order valence-electron chi connectivity index (χ0n) is 9.80. The molecular weight excluding hydrogens is 268 g/mol. The molecule has 0 fully saturated rings. The molecule has 0 saturated carbocycles. The number of fused-ring (bicyclic) bond motifs is 1. The average molecular weight is 281 g/mol. The van der Waals surface area contributed by atoms with Gasteiger partial charge in [0.15, 0.2) is 0 Å². The van der Waals surface area contributed by atoms with E-state index < -0.39 is 0 Å². The van der Waals surface area contributed by atoms with Crippen molar-refractivity contribution >= 4 is 23.4 Å². The predicted octanol–water partition coefficient (Wildman–Crippen LogP) is 3.48. The van der Waals surface area contributed by atoms with Crippen molar-refractivity contribution in [1.29, 1.82) is 0 Å². The molecule has 0 aliphatic carbocycles. The standard InChI is InChI=1S/C13H13ClN2OS/c14-7-3-6-12-15-16-13(17-12)10-8-18-11-5-2-1-4-9(10)11/h1-2,4-5,10H,3,6-8H2. The molecule has 5 heteroatoms. The minimum atomic E-state index is 0.239. The van der Waals surface area contributed by atoms with E-state index in [0.717, 1.165) is 24.5 Å². The maximum atomic E-state index is 5.73. The molecule has 3 rings (SSSR count). The van der Waals surface area contributed by atoms with E-state index in [4.69, 9.17) is 16.0 Å². The van der Waals surface area contributed by atoms with Gasteiger partial charge in [0, 0.05) is 22.9 Å². The Morgan fingerprint density at radius 3 is 3.11 bits per heavy atom. The summed E-state index contributed by atoms with van der Waals surface area (Å²) in [6.07, 6.45) is 1.64. The molecule has 2 heterocycles. The molecule has 94 valence electrons. The summed E-state index contributed by atoms with van der Waals surface area (Å²) in [4.78, 5) is 1.32. The number of rotatable bonds is 4. The van der Waals surface area contributed by atoms with Crippen LogP contribution in [0.1, 0.15) is 29.7 Å². The van der Waals surface area contributed by atoms with Crippen LogP contribution in [-0.2, 0) is 6.42 Å². The number of benzene rings is 1. The molecule has 0 amide bonds. The molecular formula is C13H13ClN2OS. The molecule has 0 spiro atoms. The lowest BCUT2D eigenvalue weighted by molar-refractivity contribution is 0.439. The van der Waals surface area contributed by atoms with E-state index in [0.29, 0.717) is 11.8 Å². The highest BCUT2D eigenvalue weighted by atomic mass is 35.5. The van der Waals surface area contributed by atoms with Gasteiger partial charge in [0.2, 0.25) is 11.8 Å². The lowest BCUT2D eigenvalue weighted by atomic mass is 10.0. The fourth-order valence-corrected chi connectivity index (χ4v) is 3.45. The van der Waals surface area contributed by atoms with Gasteiger partial charge in [-0.25, -0.2) is 0 Å². The first-order chi connectivity index (χ1) is 8.88. The molecule has 2 aromatic rings. The van der Waals surface area contributed by atoms with Crippen LogP contribution in [0.5, 0.6) is 0 Å². The Hall–Kier alpha value is -1.00. The van der Waals surface area contributed by atoms with Crippen molar-refractivity contribution < 1.29 is 4.42 Å². The summed E-state index contributed by atoms with van der Waals surface area (Å²) in [6, 6.07) is 8.41.